The van der Waals surface area contributed by atoms with Crippen LogP contribution < -0.4 is 0 Å². The van der Waals surface area contributed by atoms with Crippen molar-refractivity contribution in [2.24, 2.45) is 5.92 Å². The molecule has 0 heterocycles. The fourth-order valence-corrected chi connectivity index (χ4v) is 2.87. The van der Waals surface area contributed by atoms with E-state index in [-0.39, 0.29) is 0 Å². The summed E-state index contributed by atoms with van der Waals surface area (Å²) in [5.74, 6) is 0.784. The van der Waals surface area contributed by atoms with E-state index in [1.807, 2.05) is 0 Å². The van der Waals surface area contributed by atoms with E-state index >= 15 is 0 Å². The Morgan fingerprint density at radius 1 is 1.06 bits per heavy atom. The third kappa shape index (κ3) is 5.16. The van der Waals surface area contributed by atoms with Crippen LogP contribution >= 0.6 is 15.9 Å². The number of alkyl halides is 1. The van der Waals surface area contributed by atoms with Gasteiger partial charge in [0.2, 0.25) is 0 Å². The van der Waals surface area contributed by atoms with Gasteiger partial charge in [0.05, 0.1) is 0 Å². The quantitative estimate of drug-likeness (QED) is 0.645. The number of rotatable bonds is 6. The Morgan fingerprint density at radius 3 is 2.12 bits per heavy atom. The molecular formula is C15H23Br. The Balaban J connectivity index is 2.36. The summed E-state index contributed by atoms with van der Waals surface area (Å²) in [7, 11) is 0. The molecule has 0 aliphatic rings. The Labute approximate surface area is 109 Å². The van der Waals surface area contributed by atoms with Crippen molar-refractivity contribution in [1.29, 1.82) is 0 Å². The monoisotopic (exact) mass is 282 g/mol. The van der Waals surface area contributed by atoms with Gasteiger partial charge in [0.1, 0.15) is 0 Å². The van der Waals surface area contributed by atoms with Gasteiger partial charge >= 0.3 is 0 Å². The van der Waals surface area contributed by atoms with Crippen molar-refractivity contribution < 1.29 is 0 Å². The summed E-state index contributed by atoms with van der Waals surface area (Å²) < 4.78 is 0. The first-order chi connectivity index (χ1) is 7.61. The minimum atomic E-state index is 0.665. The van der Waals surface area contributed by atoms with Crippen LogP contribution in [0.2, 0.25) is 0 Å². The van der Waals surface area contributed by atoms with Crippen LogP contribution in [0.25, 0.3) is 0 Å². The molecule has 0 nitrogen and oxygen atoms in total. The highest BCUT2D eigenvalue weighted by Gasteiger charge is 2.06. The average Bonchev–Trinajstić information content (AvgIpc) is 2.26. The van der Waals surface area contributed by atoms with Gasteiger partial charge in [-0.2, -0.15) is 0 Å². The van der Waals surface area contributed by atoms with Crippen molar-refractivity contribution >= 4 is 15.9 Å². The van der Waals surface area contributed by atoms with Crippen LogP contribution in [-0.4, -0.2) is 4.83 Å². The van der Waals surface area contributed by atoms with E-state index in [1.54, 1.807) is 0 Å². The van der Waals surface area contributed by atoms with Crippen molar-refractivity contribution in [3.63, 3.8) is 0 Å². The van der Waals surface area contributed by atoms with E-state index in [1.165, 1.54) is 30.4 Å². The minimum absolute atomic E-state index is 0.665. The van der Waals surface area contributed by atoms with E-state index in [9.17, 15) is 0 Å². The Bertz CT molecular complexity index is 287. The molecule has 0 fully saturated rings. The Morgan fingerprint density at radius 2 is 1.62 bits per heavy atom. The fraction of sp³-hybridized carbons (Fsp3) is 0.600. The number of benzene rings is 1. The van der Waals surface area contributed by atoms with Gasteiger partial charge in [0.25, 0.3) is 0 Å². The molecule has 1 rings (SSSR count). The maximum absolute atomic E-state index is 3.76. The first kappa shape index (κ1) is 13.8. The van der Waals surface area contributed by atoms with E-state index in [2.05, 4.69) is 61.0 Å². The molecule has 1 aromatic carbocycles. The van der Waals surface area contributed by atoms with E-state index in [0.717, 1.165) is 12.3 Å². The fourth-order valence-electron chi connectivity index (χ4n) is 1.89. The second kappa shape index (κ2) is 7.11. The lowest BCUT2D eigenvalue weighted by Gasteiger charge is -2.12. The average molecular weight is 283 g/mol. The highest BCUT2D eigenvalue weighted by Crippen LogP contribution is 2.18. The summed E-state index contributed by atoms with van der Waals surface area (Å²) in [5.41, 5.74) is 2.90. The zero-order chi connectivity index (χ0) is 12.0. The summed E-state index contributed by atoms with van der Waals surface area (Å²) in [6.07, 6.45) is 4.83. The lowest BCUT2D eigenvalue weighted by atomic mass is 10.0. The summed E-state index contributed by atoms with van der Waals surface area (Å²) in [4.78, 5) is 0.665. The van der Waals surface area contributed by atoms with Gasteiger partial charge in [-0.05, 0) is 42.7 Å². The third-order valence-electron chi connectivity index (χ3n) is 2.90. The molecule has 1 aromatic rings. The predicted octanol–water partition coefficient (Wildman–Crippen LogP) is 4.99. The molecule has 0 aromatic heterocycles. The molecule has 0 N–H and O–H groups in total. The lowest BCUT2D eigenvalue weighted by molar-refractivity contribution is 0.554. The van der Waals surface area contributed by atoms with E-state index in [4.69, 9.17) is 0 Å². The predicted molar refractivity (Wildman–Crippen MR) is 76.3 cm³/mol. The zero-order valence-electron chi connectivity index (χ0n) is 10.7. The summed E-state index contributed by atoms with van der Waals surface area (Å²) in [5, 5.41) is 0. The van der Waals surface area contributed by atoms with Crippen molar-refractivity contribution in [2.75, 3.05) is 0 Å². The van der Waals surface area contributed by atoms with E-state index < -0.39 is 0 Å². The van der Waals surface area contributed by atoms with Gasteiger partial charge in [-0.3, -0.25) is 0 Å². The van der Waals surface area contributed by atoms with Gasteiger partial charge in [-0.25, -0.2) is 0 Å². The molecule has 0 aliphatic carbocycles. The van der Waals surface area contributed by atoms with Crippen LogP contribution in [0, 0.1) is 5.92 Å². The Kier molecular flexibility index (Phi) is 6.12. The molecular weight excluding hydrogens is 260 g/mol. The molecule has 0 aliphatic heterocycles. The maximum atomic E-state index is 3.76. The molecule has 0 saturated carbocycles. The van der Waals surface area contributed by atoms with Gasteiger partial charge in [0, 0.05) is 4.83 Å². The first-order valence-electron chi connectivity index (χ1n) is 6.33. The molecule has 0 radical (unpaired) electrons. The second-order valence-electron chi connectivity index (χ2n) is 4.94. The smallest absolute Gasteiger partial charge is 0.0151 e. The molecule has 1 unspecified atom stereocenters. The summed E-state index contributed by atoms with van der Waals surface area (Å²) in [6, 6.07) is 9.05. The highest BCUT2D eigenvalue weighted by atomic mass is 79.9. The molecule has 0 spiro atoms. The van der Waals surface area contributed by atoms with Crippen molar-refractivity contribution in [2.45, 2.75) is 51.3 Å². The number of hydrogen-bond donors (Lipinski definition) is 0. The van der Waals surface area contributed by atoms with Crippen LogP contribution in [-0.2, 0) is 12.8 Å². The van der Waals surface area contributed by atoms with E-state index in [0.29, 0.717) is 4.83 Å². The topological polar surface area (TPSA) is 0 Å². The third-order valence-corrected chi connectivity index (χ3v) is 3.74. The number of halogens is 1. The van der Waals surface area contributed by atoms with Crippen LogP contribution in [0.5, 0.6) is 0 Å². The van der Waals surface area contributed by atoms with Gasteiger partial charge < -0.3 is 0 Å². The van der Waals surface area contributed by atoms with Crippen LogP contribution in [0.4, 0.5) is 0 Å². The molecule has 0 saturated heterocycles. The minimum Gasteiger partial charge on any atom is -0.0890 e. The molecule has 1 atom stereocenters. The lowest BCUT2D eigenvalue weighted by Crippen LogP contribution is -2.04. The van der Waals surface area contributed by atoms with Crippen LogP contribution in [0.1, 0.15) is 44.7 Å². The second-order valence-corrected chi connectivity index (χ2v) is 6.23. The largest absolute Gasteiger partial charge is 0.0890 e. The molecule has 0 amide bonds. The van der Waals surface area contributed by atoms with Crippen LogP contribution in [0.3, 0.4) is 0 Å². The molecule has 0 bridgehead atoms. The zero-order valence-corrected chi connectivity index (χ0v) is 12.3. The summed E-state index contributed by atoms with van der Waals surface area (Å²) >= 11 is 3.76. The van der Waals surface area contributed by atoms with Crippen molar-refractivity contribution in [3.8, 4) is 0 Å². The SMILES string of the molecule is CCc1ccc(CCC(Br)CC(C)C)cc1. The van der Waals surface area contributed by atoms with Crippen molar-refractivity contribution in [3.05, 3.63) is 35.4 Å². The maximum Gasteiger partial charge on any atom is 0.0151 e. The Hall–Kier alpha value is -0.300. The summed E-state index contributed by atoms with van der Waals surface area (Å²) in [6.45, 7) is 6.76. The molecule has 16 heavy (non-hydrogen) atoms. The number of hydrogen-bond acceptors (Lipinski definition) is 0. The van der Waals surface area contributed by atoms with Gasteiger partial charge in [-0.15, -0.1) is 0 Å². The standard InChI is InChI=1S/C15H23Br/c1-4-13-5-7-14(8-6-13)9-10-15(16)11-12(2)3/h5-8,12,15H,4,9-11H2,1-3H3. The van der Waals surface area contributed by atoms with Crippen molar-refractivity contribution in [1.82, 2.24) is 0 Å². The molecule has 90 valence electrons. The first-order valence-corrected chi connectivity index (χ1v) is 7.25. The molecule has 1 heteroatoms. The number of aryl methyl sites for hydroxylation is 2. The van der Waals surface area contributed by atoms with Gasteiger partial charge in [0.15, 0.2) is 0 Å². The van der Waals surface area contributed by atoms with Crippen LogP contribution in [0.15, 0.2) is 24.3 Å². The normalized spacial score (nSPS) is 13.1. The highest BCUT2D eigenvalue weighted by molar-refractivity contribution is 9.09. The van der Waals surface area contributed by atoms with Gasteiger partial charge in [-0.1, -0.05) is 61.0 Å².